The number of carbonyl (C=O) groups is 2. The molecule has 0 aliphatic carbocycles. The number of ether oxygens (including phenoxy) is 1. The number of hydrogen-bond acceptors (Lipinski definition) is 4. The third-order valence-corrected chi connectivity index (χ3v) is 5.42. The molecular formula is C23H22Cl2N4O3. The van der Waals surface area contributed by atoms with Crippen LogP contribution in [0.15, 0.2) is 47.6 Å². The van der Waals surface area contributed by atoms with Crippen LogP contribution in [0.25, 0.3) is 5.69 Å². The van der Waals surface area contributed by atoms with Crippen molar-refractivity contribution in [2.45, 2.75) is 20.8 Å². The number of aryl methyl sites for hydroxylation is 2. The molecule has 0 atom stereocenters. The first-order chi connectivity index (χ1) is 15.2. The summed E-state index contributed by atoms with van der Waals surface area (Å²) < 4.78 is 7.21. The maximum atomic E-state index is 12.1. The van der Waals surface area contributed by atoms with Crippen LogP contribution in [0.3, 0.4) is 0 Å². The summed E-state index contributed by atoms with van der Waals surface area (Å²) >= 11 is 12.2. The molecule has 1 aromatic heterocycles. The van der Waals surface area contributed by atoms with E-state index in [1.54, 1.807) is 38.3 Å². The van der Waals surface area contributed by atoms with Gasteiger partial charge < -0.3 is 14.6 Å². The van der Waals surface area contributed by atoms with Crippen LogP contribution in [-0.4, -0.2) is 29.7 Å². The highest BCUT2D eigenvalue weighted by atomic mass is 35.5. The average molecular weight is 473 g/mol. The predicted molar refractivity (Wildman–Crippen MR) is 127 cm³/mol. The number of rotatable bonds is 5. The largest absolute Gasteiger partial charge is 0.495 e. The zero-order valence-electron chi connectivity index (χ0n) is 18.0. The second-order valence-electron chi connectivity index (χ2n) is 7.09. The van der Waals surface area contributed by atoms with Gasteiger partial charge in [-0.25, -0.2) is 5.43 Å². The minimum Gasteiger partial charge on any atom is -0.495 e. The molecule has 0 aliphatic rings. The standard InChI is InChI=1S/C23H22Cl2N4O3/c1-13-5-6-17(24)10-20(13)27-22(30)23(31)28-26-12-16-9-14(2)29(15(16)3)18-7-8-21(32-4)19(25)11-18/h5-12H,1-4H3,(H,27,30)(H,28,31)/b26-12-. The summed E-state index contributed by atoms with van der Waals surface area (Å²) in [5, 5.41) is 7.41. The highest BCUT2D eigenvalue weighted by Gasteiger charge is 2.15. The van der Waals surface area contributed by atoms with Crippen molar-refractivity contribution in [3.05, 3.63) is 75.0 Å². The summed E-state index contributed by atoms with van der Waals surface area (Å²) in [7, 11) is 1.56. The number of carbonyl (C=O) groups excluding carboxylic acids is 2. The predicted octanol–water partition coefficient (Wildman–Crippen LogP) is 4.81. The number of anilines is 1. The highest BCUT2D eigenvalue weighted by molar-refractivity contribution is 6.40. The van der Waals surface area contributed by atoms with E-state index in [2.05, 4.69) is 15.8 Å². The molecule has 9 heteroatoms. The quantitative estimate of drug-likeness (QED) is 0.317. The van der Waals surface area contributed by atoms with E-state index in [-0.39, 0.29) is 0 Å². The van der Waals surface area contributed by atoms with E-state index in [0.29, 0.717) is 21.5 Å². The molecule has 3 aromatic rings. The number of nitrogens with zero attached hydrogens (tertiary/aromatic N) is 2. The Morgan fingerprint density at radius 1 is 1.03 bits per heavy atom. The molecule has 0 spiro atoms. The fourth-order valence-corrected chi connectivity index (χ4v) is 3.65. The molecule has 0 aliphatic heterocycles. The molecule has 2 N–H and O–H groups in total. The van der Waals surface area contributed by atoms with Crippen molar-refractivity contribution in [3.63, 3.8) is 0 Å². The summed E-state index contributed by atoms with van der Waals surface area (Å²) in [5.74, 6) is -1.14. The molecule has 3 rings (SSSR count). The lowest BCUT2D eigenvalue weighted by Gasteiger charge is -2.11. The van der Waals surface area contributed by atoms with Crippen LogP contribution in [-0.2, 0) is 9.59 Å². The van der Waals surface area contributed by atoms with Crippen LogP contribution < -0.4 is 15.5 Å². The van der Waals surface area contributed by atoms with Gasteiger partial charge in [0.25, 0.3) is 0 Å². The van der Waals surface area contributed by atoms with Crippen LogP contribution in [0.1, 0.15) is 22.5 Å². The van der Waals surface area contributed by atoms with Gasteiger partial charge in [-0.2, -0.15) is 5.10 Å². The lowest BCUT2D eigenvalue weighted by Crippen LogP contribution is -2.32. The summed E-state index contributed by atoms with van der Waals surface area (Å²) in [6, 6.07) is 12.4. The number of hydrogen-bond donors (Lipinski definition) is 2. The van der Waals surface area contributed by atoms with Gasteiger partial charge in [-0.05, 0) is 62.7 Å². The number of nitrogens with one attached hydrogen (secondary N) is 2. The van der Waals surface area contributed by atoms with Crippen LogP contribution >= 0.6 is 23.2 Å². The number of hydrazone groups is 1. The lowest BCUT2D eigenvalue weighted by molar-refractivity contribution is -0.136. The Labute approximate surface area is 196 Å². The van der Waals surface area contributed by atoms with Crippen LogP contribution in [0.4, 0.5) is 5.69 Å². The zero-order valence-corrected chi connectivity index (χ0v) is 19.5. The molecule has 7 nitrogen and oxygen atoms in total. The van der Waals surface area contributed by atoms with Crippen molar-refractivity contribution in [1.29, 1.82) is 0 Å². The molecule has 0 unspecified atom stereocenters. The molecule has 0 bridgehead atoms. The van der Waals surface area contributed by atoms with Gasteiger partial charge in [-0.15, -0.1) is 0 Å². The molecule has 0 saturated heterocycles. The Morgan fingerprint density at radius 3 is 2.47 bits per heavy atom. The summed E-state index contributed by atoms with van der Waals surface area (Å²) in [4.78, 5) is 24.3. The number of methoxy groups -OCH3 is 1. The van der Waals surface area contributed by atoms with Crippen molar-refractivity contribution in [1.82, 2.24) is 9.99 Å². The van der Waals surface area contributed by atoms with E-state index in [1.807, 2.05) is 36.6 Å². The third kappa shape index (κ3) is 5.12. The topological polar surface area (TPSA) is 84.7 Å². The minimum atomic E-state index is -0.892. The monoisotopic (exact) mass is 472 g/mol. The van der Waals surface area contributed by atoms with Crippen LogP contribution in [0.2, 0.25) is 10.0 Å². The van der Waals surface area contributed by atoms with Gasteiger partial charge in [0, 0.05) is 33.3 Å². The molecule has 0 radical (unpaired) electrons. The van der Waals surface area contributed by atoms with Crippen LogP contribution in [0.5, 0.6) is 5.75 Å². The van der Waals surface area contributed by atoms with E-state index in [1.165, 1.54) is 6.21 Å². The Balaban J connectivity index is 1.71. The summed E-state index contributed by atoms with van der Waals surface area (Å²) in [5.41, 5.74) is 6.97. The van der Waals surface area contributed by atoms with Gasteiger partial charge in [0.2, 0.25) is 0 Å². The molecule has 166 valence electrons. The van der Waals surface area contributed by atoms with Crippen molar-refractivity contribution < 1.29 is 14.3 Å². The SMILES string of the molecule is COc1ccc(-n2c(C)cc(/C=N\NC(=O)C(=O)Nc3cc(Cl)ccc3C)c2C)cc1Cl. The van der Waals surface area contributed by atoms with E-state index in [0.717, 1.165) is 28.2 Å². The Morgan fingerprint density at radius 2 is 1.78 bits per heavy atom. The van der Waals surface area contributed by atoms with Gasteiger partial charge >= 0.3 is 11.8 Å². The molecule has 1 heterocycles. The Kier molecular flexibility index (Phi) is 7.22. The molecule has 2 amide bonds. The fourth-order valence-electron chi connectivity index (χ4n) is 3.23. The number of aromatic nitrogens is 1. The van der Waals surface area contributed by atoms with E-state index >= 15 is 0 Å². The zero-order chi connectivity index (χ0) is 23.4. The Bertz CT molecular complexity index is 1220. The first-order valence-corrected chi connectivity index (χ1v) is 10.4. The van der Waals surface area contributed by atoms with E-state index in [9.17, 15) is 9.59 Å². The molecule has 0 saturated carbocycles. The average Bonchev–Trinajstić information content (AvgIpc) is 3.03. The maximum Gasteiger partial charge on any atom is 0.329 e. The number of benzene rings is 2. The highest BCUT2D eigenvalue weighted by Crippen LogP contribution is 2.29. The third-order valence-electron chi connectivity index (χ3n) is 4.89. The summed E-state index contributed by atoms with van der Waals surface area (Å²) in [6.45, 7) is 5.67. The molecular weight excluding hydrogens is 451 g/mol. The number of halogens is 2. The van der Waals surface area contributed by atoms with Crippen molar-refractivity contribution in [3.8, 4) is 11.4 Å². The molecule has 2 aromatic carbocycles. The summed E-state index contributed by atoms with van der Waals surface area (Å²) in [6.07, 6.45) is 1.49. The fraction of sp³-hybridized carbons (Fsp3) is 0.174. The normalized spacial score (nSPS) is 10.9. The second kappa shape index (κ2) is 9.89. The van der Waals surface area contributed by atoms with E-state index in [4.69, 9.17) is 27.9 Å². The van der Waals surface area contributed by atoms with Crippen molar-refractivity contribution >= 4 is 46.9 Å². The van der Waals surface area contributed by atoms with Gasteiger partial charge in [-0.3, -0.25) is 9.59 Å². The minimum absolute atomic E-state index is 0.456. The van der Waals surface area contributed by atoms with E-state index < -0.39 is 11.8 Å². The molecule has 32 heavy (non-hydrogen) atoms. The number of amides is 2. The van der Waals surface area contributed by atoms with Gasteiger partial charge in [-0.1, -0.05) is 29.3 Å². The first-order valence-electron chi connectivity index (χ1n) is 9.64. The second-order valence-corrected chi connectivity index (χ2v) is 7.94. The van der Waals surface area contributed by atoms with Crippen LogP contribution in [0, 0.1) is 20.8 Å². The lowest BCUT2D eigenvalue weighted by atomic mass is 10.2. The van der Waals surface area contributed by atoms with Gasteiger partial charge in [0.05, 0.1) is 18.3 Å². The first kappa shape index (κ1) is 23.4. The maximum absolute atomic E-state index is 12.1. The van der Waals surface area contributed by atoms with Gasteiger partial charge in [0.15, 0.2) is 0 Å². The van der Waals surface area contributed by atoms with Crippen molar-refractivity contribution in [2.24, 2.45) is 5.10 Å². The molecule has 0 fully saturated rings. The van der Waals surface area contributed by atoms with Gasteiger partial charge in [0.1, 0.15) is 5.75 Å². The smallest absolute Gasteiger partial charge is 0.329 e. The Hall–Kier alpha value is -3.29. The van der Waals surface area contributed by atoms with Crippen molar-refractivity contribution in [2.75, 3.05) is 12.4 Å².